The van der Waals surface area contributed by atoms with Crippen LogP contribution in [0.25, 0.3) is 11.4 Å². The highest BCUT2D eigenvalue weighted by molar-refractivity contribution is 5.95. The molecule has 1 amide bonds. The Morgan fingerprint density at radius 3 is 2.56 bits per heavy atom. The topological polar surface area (TPSA) is 126 Å². The number of amides is 1. The van der Waals surface area contributed by atoms with Crippen molar-refractivity contribution >= 4 is 11.9 Å². The van der Waals surface area contributed by atoms with Gasteiger partial charge in [-0.1, -0.05) is 12.1 Å². The van der Waals surface area contributed by atoms with Crippen LogP contribution in [0.4, 0.5) is 5.95 Å². The summed E-state index contributed by atoms with van der Waals surface area (Å²) < 4.78 is 1.57. The lowest BCUT2D eigenvalue weighted by Gasteiger charge is -2.27. The quantitative estimate of drug-likeness (QED) is 0.565. The van der Waals surface area contributed by atoms with E-state index in [1.165, 1.54) is 0 Å². The zero-order valence-corrected chi connectivity index (χ0v) is 14.4. The third-order valence-corrected chi connectivity index (χ3v) is 4.43. The fourth-order valence-electron chi connectivity index (χ4n) is 3.21. The van der Waals surface area contributed by atoms with Gasteiger partial charge in [0, 0.05) is 11.3 Å². The number of hydrogen-bond donors (Lipinski definition) is 4. The number of aromatic nitrogens is 3. The molecule has 0 spiro atoms. The van der Waals surface area contributed by atoms with Crippen LogP contribution in [0, 0.1) is 0 Å². The predicted octanol–water partition coefficient (Wildman–Crippen LogP) is 2.13. The number of nitrogens with one attached hydrogen (secondary N) is 1. The number of rotatable bonds is 3. The number of carbonyl (C=O) groups excluding carboxylic acids is 1. The standard InChI is InChI=1S/C19H17N5O3/c1-10-15(17(20)27)16(12-3-2-4-14(26)9-12)24-19(21-10)22-18(23-24)11-5-7-13(25)8-6-11/h2-9,16,25-26H,1H3,(H2,20,27)(H,21,22,23). The molecule has 8 nitrogen and oxygen atoms in total. The Morgan fingerprint density at radius 2 is 1.89 bits per heavy atom. The Kier molecular flexibility index (Phi) is 3.80. The van der Waals surface area contributed by atoms with Gasteiger partial charge in [-0.05, 0) is 48.9 Å². The number of nitrogens with two attached hydrogens (primary N) is 1. The molecule has 1 atom stereocenters. The molecule has 8 heteroatoms. The van der Waals surface area contributed by atoms with Crippen molar-refractivity contribution in [1.82, 2.24) is 14.8 Å². The van der Waals surface area contributed by atoms with Crippen molar-refractivity contribution in [3.8, 4) is 22.9 Å². The van der Waals surface area contributed by atoms with E-state index in [1.54, 1.807) is 60.1 Å². The second kappa shape index (κ2) is 6.17. The van der Waals surface area contributed by atoms with E-state index in [0.29, 0.717) is 34.2 Å². The summed E-state index contributed by atoms with van der Waals surface area (Å²) in [6.45, 7) is 1.74. The van der Waals surface area contributed by atoms with Crippen molar-refractivity contribution in [2.24, 2.45) is 5.73 Å². The molecule has 0 radical (unpaired) electrons. The first-order valence-electron chi connectivity index (χ1n) is 8.26. The van der Waals surface area contributed by atoms with Gasteiger partial charge in [-0.15, -0.1) is 5.10 Å². The molecule has 1 aliphatic heterocycles. The Balaban J connectivity index is 1.88. The number of allylic oxidation sites excluding steroid dienone is 1. The third-order valence-electron chi connectivity index (χ3n) is 4.43. The molecule has 0 saturated carbocycles. The van der Waals surface area contributed by atoms with Gasteiger partial charge < -0.3 is 21.3 Å². The highest BCUT2D eigenvalue weighted by Gasteiger charge is 2.33. The maximum absolute atomic E-state index is 12.1. The summed E-state index contributed by atoms with van der Waals surface area (Å²) in [4.78, 5) is 16.6. The molecule has 0 saturated heterocycles. The van der Waals surface area contributed by atoms with Gasteiger partial charge in [0.15, 0.2) is 5.82 Å². The summed E-state index contributed by atoms with van der Waals surface area (Å²) in [5.41, 5.74) is 7.92. The van der Waals surface area contributed by atoms with Crippen LogP contribution in [-0.4, -0.2) is 30.9 Å². The van der Waals surface area contributed by atoms with Crippen molar-refractivity contribution in [3.63, 3.8) is 0 Å². The molecule has 2 heterocycles. The number of primary amides is 1. The molecule has 2 aromatic carbocycles. The second-order valence-corrected chi connectivity index (χ2v) is 6.28. The summed E-state index contributed by atoms with van der Waals surface area (Å²) in [5, 5.41) is 27.0. The minimum absolute atomic E-state index is 0.0768. The first-order valence-corrected chi connectivity index (χ1v) is 8.26. The van der Waals surface area contributed by atoms with Crippen LogP contribution >= 0.6 is 0 Å². The van der Waals surface area contributed by atoms with E-state index < -0.39 is 11.9 Å². The lowest BCUT2D eigenvalue weighted by atomic mass is 9.95. The number of anilines is 1. The Labute approximate surface area is 154 Å². The Bertz CT molecular complexity index is 1070. The van der Waals surface area contributed by atoms with Crippen LogP contribution in [0.3, 0.4) is 0 Å². The molecule has 136 valence electrons. The lowest BCUT2D eigenvalue weighted by molar-refractivity contribution is -0.115. The SMILES string of the molecule is CC1=C(C(N)=O)C(c2cccc(O)c2)n2nc(-c3ccc(O)cc3)nc2N1. The highest BCUT2D eigenvalue weighted by Crippen LogP contribution is 2.36. The number of phenolic OH excluding ortho intramolecular Hbond substituents is 2. The summed E-state index contributed by atoms with van der Waals surface area (Å²) in [5.74, 6) is 0.524. The second-order valence-electron chi connectivity index (χ2n) is 6.28. The van der Waals surface area contributed by atoms with Gasteiger partial charge in [0.25, 0.3) is 0 Å². The molecule has 4 rings (SSSR count). The van der Waals surface area contributed by atoms with Crippen LogP contribution in [0.2, 0.25) is 0 Å². The zero-order chi connectivity index (χ0) is 19.1. The molecular weight excluding hydrogens is 346 g/mol. The fourth-order valence-corrected chi connectivity index (χ4v) is 3.21. The Hall–Kier alpha value is -3.81. The maximum atomic E-state index is 12.1. The smallest absolute Gasteiger partial charge is 0.248 e. The van der Waals surface area contributed by atoms with Crippen molar-refractivity contribution in [1.29, 1.82) is 0 Å². The third kappa shape index (κ3) is 2.86. The van der Waals surface area contributed by atoms with Crippen LogP contribution in [0.15, 0.2) is 59.8 Å². The summed E-state index contributed by atoms with van der Waals surface area (Å²) in [6, 6.07) is 12.5. The van der Waals surface area contributed by atoms with Crippen LogP contribution in [0.1, 0.15) is 18.5 Å². The number of nitrogens with zero attached hydrogens (tertiary/aromatic N) is 3. The minimum atomic E-state index is -0.621. The lowest BCUT2D eigenvalue weighted by Crippen LogP contribution is -2.31. The largest absolute Gasteiger partial charge is 0.508 e. The van der Waals surface area contributed by atoms with E-state index in [0.717, 1.165) is 0 Å². The number of fused-ring (bicyclic) bond motifs is 1. The highest BCUT2D eigenvalue weighted by atomic mass is 16.3. The van der Waals surface area contributed by atoms with Crippen LogP contribution < -0.4 is 11.1 Å². The summed E-state index contributed by atoms with van der Waals surface area (Å²) in [7, 11) is 0. The molecule has 0 aliphatic carbocycles. The molecule has 0 fully saturated rings. The molecule has 0 bridgehead atoms. The summed E-state index contributed by atoms with van der Waals surface area (Å²) in [6.07, 6.45) is 0. The first kappa shape index (κ1) is 16.6. The number of benzene rings is 2. The van der Waals surface area contributed by atoms with Crippen molar-refractivity contribution in [2.75, 3.05) is 5.32 Å². The molecule has 27 heavy (non-hydrogen) atoms. The van der Waals surface area contributed by atoms with E-state index in [2.05, 4.69) is 15.4 Å². The molecular formula is C19H17N5O3. The van der Waals surface area contributed by atoms with Crippen molar-refractivity contribution < 1.29 is 15.0 Å². The Morgan fingerprint density at radius 1 is 1.15 bits per heavy atom. The van der Waals surface area contributed by atoms with Gasteiger partial charge in [0.05, 0.1) is 5.57 Å². The molecule has 1 aromatic heterocycles. The van der Waals surface area contributed by atoms with Gasteiger partial charge in [0.2, 0.25) is 11.9 Å². The number of aromatic hydroxyl groups is 2. The molecule has 3 aromatic rings. The van der Waals surface area contributed by atoms with E-state index in [-0.39, 0.29) is 11.5 Å². The van der Waals surface area contributed by atoms with E-state index in [9.17, 15) is 15.0 Å². The maximum Gasteiger partial charge on any atom is 0.248 e. The number of phenols is 2. The van der Waals surface area contributed by atoms with Crippen LogP contribution in [-0.2, 0) is 4.79 Å². The molecule has 5 N–H and O–H groups in total. The molecule has 1 aliphatic rings. The van der Waals surface area contributed by atoms with Crippen LogP contribution in [0.5, 0.6) is 11.5 Å². The van der Waals surface area contributed by atoms with E-state index in [4.69, 9.17) is 5.73 Å². The minimum Gasteiger partial charge on any atom is -0.508 e. The number of carbonyl (C=O) groups is 1. The normalized spacial score (nSPS) is 16.0. The van der Waals surface area contributed by atoms with Gasteiger partial charge in [-0.25, -0.2) is 4.68 Å². The average molecular weight is 363 g/mol. The first-order chi connectivity index (χ1) is 12.9. The van der Waals surface area contributed by atoms with Gasteiger partial charge in [-0.3, -0.25) is 4.79 Å². The average Bonchev–Trinajstić information content (AvgIpc) is 3.04. The van der Waals surface area contributed by atoms with Gasteiger partial charge in [-0.2, -0.15) is 4.98 Å². The van der Waals surface area contributed by atoms with Gasteiger partial charge in [0.1, 0.15) is 17.5 Å². The number of hydrogen-bond acceptors (Lipinski definition) is 6. The monoisotopic (exact) mass is 363 g/mol. The van der Waals surface area contributed by atoms with Gasteiger partial charge >= 0.3 is 0 Å². The summed E-state index contributed by atoms with van der Waals surface area (Å²) >= 11 is 0. The zero-order valence-electron chi connectivity index (χ0n) is 14.4. The van der Waals surface area contributed by atoms with Crippen molar-refractivity contribution in [3.05, 3.63) is 65.4 Å². The predicted molar refractivity (Wildman–Crippen MR) is 98.9 cm³/mol. The van der Waals surface area contributed by atoms with E-state index in [1.807, 2.05) is 0 Å². The van der Waals surface area contributed by atoms with E-state index >= 15 is 0 Å². The van der Waals surface area contributed by atoms with Crippen molar-refractivity contribution in [2.45, 2.75) is 13.0 Å². The fraction of sp³-hybridized carbons (Fsp3) is 0.105. The molecule has 1 unspecified atom stereocenters.